The van der Waals surface area contributed by atoms with Crippen molar-refractivity contribution >= 4 is 70.3 Å². The number of aromatic amines is 3. The molecular formula is C37H60N22O. The van der Waals surface area contributed by atoms with Crippen LogP contribution in [-0.2, 0) is 4.79 Å². The van der Waals surface area contributed by atoms with E-state index in [4.69, 9.17) is 17.2 Å². The Morgan fingerprint density at radius 1 is 0.700 bits per heavy atom. The molecule has 0 spiro atoms. The zero-order valence-electron chi connectivity index (χ0n) is 35.2. The topological polar surface area (TPSA) is 341 Å². The van der Waals surface area contributed by atoms with E-state index in [1.165, 1.54) is 39.8 Å². The van der Waals surface area contributed by atoms with Crippen molar-refractivity contribution in [3.05, 3.63) is 73.4 Å². The maximum Gasteiger partial charge on any atom is 0.222 e. The Morgan fingerprint density at radius 3 is 1.73 bits per heavy atom. The summed E-state index contributed by atoms with van der Waals surface area (Å²) in [6.07, 6.45) is 14.4. The molecule has 0 radical (unpaired) electrons. The third-order valence-electron chi connectivity index (χ3n) is 7.98. The van der Waals surface area contributed by atoms with Crippen molar-refractivity contribution in [2.24, 2.45) is 32.2 Å². The van der Waals surface area contributed by atoms with Gasteiger partial charge in [-0.2, -0.15) is 4.98 Å². The van der Waals surface area contributed by atoms with E-state index in [0.717, 1.165) is 46.0 Å². The molecule has 324 valence electrons. The smallest absolute Gasteiger partial charge is 0.222 e. The number of nitrogens with zero attached hydrogens (tertiary/aromatic N) is 9. The van der Waals surface area contributed by atoms with E-state index in [1.54, 1.807) is 44.1 Å². The first-order chi connectivity index (χ1) is 29.1. The highest BCUT2D eigenvalue weighted by atomic mass is 16.1. The highest BCUT2D eigenvalue weighted by Gasteiger charge is 2.31. The number of benzene rings is 1. The molecule has 1 amide bonds. The van der Waals surface area contributed by atoms with E-state index in [2.05, 4.69) is 97.1 Å². The Kier molecular flexibility index (Phi) is 23.1. The number of H-pyrrole nitrogens is 3. The van der Waals surface area contributed by atoms with Gasteiger partial charge in [0.1, 0.15) is 0 Å². The van der Waals surface area contributed by atoms with Gasteiger partial charge < -0.3 is 64.1 Å². The van der Waals surface area contributed by atoms with Gasteiger partial charge in [-0.05, 0) is 43.2 Å². The third kappa shape index (κ3) is 18.5. The largest absolute Gasteiger partial charge is 0.370 e. The number of carbonyl (C=O) groups excluding carboxylic acids is 1. The van der Waals surface area contributed by atoms with E-state index in [-0.39, 0.29) is 11.9 Å². The Balaban J connectivity index is 0.000000245. The van der Waals surface area contributed by atoms with E-state index in [1.807, 2.05) is 64.6 Å². The molecule has 0 bridgehead atoms. The van der Waals surface area contributed by atoms with Crippen molar-refractivity contribution in [2.75, 3.05) is 70.6 Å². The summed E-state index contributed by atoms with van der Waals surface area (Å²) in [6.45, 7) is 0. The summed E-state index contributed by atoms with van der Waals surface area (Å²) in [7, 11) is 12.1. The number of aliphatic imine (C=N–C) groups is 3. The highest BCUT2D eigenvalue weighted by molar-refractivity contribution is 5.87. The first-order valence-corrected chi connectivity index (χ1v) is 18.8. The number of pyridine rings is 1. The second-order valence-corrected chi connectivity index (χ2v) is 12.0. The van der Waals surface area contributed by atoms with Gasteiger partial charge in [0.2, 0.25) is 24.3 Å². The molecule has 6 heterocycles. The molecule has 5 aromatic heterocycles. The minimum atomic E-state index is 0.130. The second-order valence-electron chi connectivity index (χ2n) is 12.0. The molecule has 2 unspecified atom stereocenters. The second kappa shape index (κ2) is 28.6. The van der Waals surface area contributed by atoms with Crippen molar-refractivity contribution in [3.63, 3.8) is 0 Å². The van der Waals surface area contributed by atoms with Crippen LogP contribution in [0, 0.1) is 0 Å². The zero-order valence-corrected chi connectivity index (χ0v) is 35.2. The lowest BCUT2D eigenvalue weighted by Gasteiger charge is -2.23. The number of nitrogens with one attached hydrogen (secondary N) is 10. The molecule has 1 aromatic carbocycles. The summed E-state index contributed by atoms with van der Waals surface area (Å²) in [5.41, 5.74) is 18.4. The number of nitrogens with two attached hydrogens (primary N) is 3. The number of amides is 1. The van der Waals surface area contributed by atoms with Crippen molar-refractivity contribution in [2.45, 2.75) is 37.8 Å². The Morgan fingerprint density at radius 2 is 1.28 bits per heavy atom. The normalized spacial score (nSPS) is 14.2. The van der Waals surface area contributed by atoms with Crippen LogP contribution in [0.4, 0.5) is 23.8 Å². The average Bonchev–Trinajstić information content (AvgIpc) is 4.14. The van der Waals surface area contributed by atoms with Crippen LogP contribution in [0.25, 0.3) is 22.2 Å². The minimum absolute atomic E-state index is 0.130. The summed E-state index contributed by atoms with van der Waals surface area (Å²) in [5.74, 6) is 4.28. The highest BCUT2D eigenvalue weighted by Crippen LogP contribution is 2.21. The SMILES string of the molecule is CN=C(N)N.CN=C(N)NC=O.CN=C1NC2CCCCC2N1.CNc1nc2ccccc2[nH]1.CNc1nc2ncccc2[nH]1.CNc1ncc[nH]1.CNc1ncccn1. The van der Waals surface area contributed by atoms with Crippen LogP contribution in [0.5, 0.6) is 0 Å². The van der Waals surface area contributed by atoms with Gasteiger partial charge in [0.15, 0.2) is 29.5 Å². The van der Waals surface area contributed by atoms with Crippen LogP contribution >= 0.6 is 0 Å². The van der Waals surface area contributed by atoms with E-state index in [9.17, 15) is 4.79 Å². The van der Waals surface area contributed by atoms with Crippen molar-refractivity contribution < 1.29 is 4.79 Å². The Hall–Kier alpha value is -7.72. The van der Waals surface area contributed by atoms with Gasteiger partial charge >= 0.3 is 0 Å². The summed E-state index contributed by atoms with van der Waals surface area (Å²) in [4.78, 5) is 53.6. The number of aromatic nitrogens is 9. The molecule has 16 N–H and O–H groups in total. The summed E-state index contributed by atoms with van der Waals surface area (Å²) < 4.78 is 0. The first kappa shape index (κ1) is 48.4. The molecule has 2 fully saturated rings. The Bertz CT molecular complexity index is 1950. The number of imidazole rings is 3. The standard InChI is InChI=1S/C8H15N3.C8H9N3.C7H8N4.C5H7N3.C4H7N3.C3H7N3O.C2H7N3/c2*1-9-8-10-6-4-2-3-5-7(6)11-8;1-8-7-10-5-3-2-4-9-6(5)11-7;1-6-5-7-3-2-4-8-5;1-5-4-6-2-3-7-4;1-5-3(4)6-2-7;1-5-2(3)4/h6-7H,2-5H2,1H3,(H2,9,10,11);2-5H,1H3,(H2,9,10,11);2-4H,1H3,(H2,8,9,10,11);2-4H,1H3,(H,6,7,8);2-3H,1H3,(H2,5,6,7);2H,1H3,(H3,4,5,6,7);1H3,(H4,3,4,5). The number of hydrogen-bond acceptors (Lipinski definition) is 14. The van der Waals surface area contributed by atoms with Crippen LogP contribution in [0.2, 0.25) is 0 Å². The molecule has 1 aliphatic carbocycles. The lowest BCUT2D eigenvalue weighted by molar-refractivity contribution is -0.108. The lowest BCUT2D eigenvalue weighted by atomic mass is 9.92. The van der Waals surface area contributed by atoms with Crippen LogP contribution in [0.15, 0.2) is 88.4 Å². The fraction of sp³-hybridized carbons (Fsp3) is 0.351. The van der Waals surface area contributed by atoms with Crippen molar-refractivity contribution in [1.82, 2.24) is 60.8 Å². The minimum Gasteiger partial charge on any atom is -0.370 e. The monoisotopic (exact) mass is 829 g/mol. The first-order valence-electron chi connectivity index (χ1n) is 18.8. The molecule has 1 aliphatic heterocycles. The molecule has 2 atom stereocenters. The van der Waals surface area contributed by atoms with Gasteiger partial charge in [-0.3, -0.25) is 25.1 Å². The molecule has 60 heavy (non-hydrogen) atoms. The lowest BCUT2D eigenvalue weighted by Crippen LogP contribution is -2.36. The number of guanidine groups is 3. The van der Waals surface area contributed by atoms with Crippen LogP contribution in [0.1, 0.15) is 25.7 Å². The number of hydrogen-bond donors (Lipinski definition) is 13. The number of fused-ring (bicyclic) bond motifs is 3. The fourth-order valence-corrected chi connectivity index (χ4v) is 4.99. The van der Waals surface area contributed by atoms with Crippen LogP contribution in [-0.4, -0.2) is 131 Å². The van der Waals surface area contributed by atoms with E-state index < -0.39 is 0 Å². The summed E-state index contributed by atoms with van der Waals surface area (Å²) >= 11 is 0. The van der Waals surface area contributed by atoms with Gasteiger partial charge in [-0.15, -0.1) is 0 Å². The van der Waals surface area contributed by atoms with E-state index in [0.29, 0.717) is 24.4 Å². The number of rotatable bonds is 5. The van der Waals surface area contributed by atoms with Crippen LogP contribution < -0.4 is 54.4 Å². The van der Waals surface area contributed by atoms with Gasteiger partial charge in [0, 0.05) is 92.4 Å². The third-order valence-corrected chi connectivity index (χ3v) is 7.98. The molecule has 6 aromatic rings. The Labute approximate surface area is 349 Å². The maximum absolute atomic E-state index is 9.50. The van der Waals surface area contributed by atoms with Gasteiger partial charge in [-0.25, -0.2) is 24.9 Å². The average molecular weight is 829 g/mol. The quantitative estimate of drug-likeness (QED) is 0.0667. The molecular weight excluding hydrogens is 769 g/mol. The zero-order chi connectivity index (χ0) is 44.0. The van der Waals surface area contributed by atoms with Gasteiger partial charge in [0.25, 0.3) is 0 Å². The van der Waals surface area contributed by atoms with Crippen LogP contribution in [0.3, 0.4) is 0 Å². The predicted octanol–water partition coefficient (Wildman–Crippen LogP) is 1.62. The molecule has 8 rings (SSSR count). The van der Waals surface area contributed by atoms with E-state index >= 15 is 0 Å². The predicted molar refractivity (Wildman–Crippen MR) is 243 cm³/mol. The molecule has 23 nitrogen and oxygen atoms in total. The summed E-state index contributed by atoms with van der Waals surface area (Å²) in [5, 5.41) is 20.4. The molecule has 2 aliphatic rings. The maximum atomic E-state index is 9.50. The molecule has 1 saturated heterocycles. The van der Waals surface area contributed by atoms with Crippen molar-refractivity contribution in [3.8, 4) is 0 Å². The number of carbonyl (C=O) groups is 1. The van der Waals surface area contributed by atoms with Gasteiger partial charge in [0.05, 0.1) is 16.6 Å². The van der Waals surface area contributed by atoms with Crippen molar-refractivity contribution in [1.29, 1.82) is 0 Å². The molecule has 1 saturated carbocycles. The summed E-state index contributed by atoms with van der Waals surface area (Å²) in [6, 6.07) is 14.8. The number of para-hydroxylation sites is 2. The molecule has 23 heteroatoms. The van der Waals surface area contributed by atoms with Gasteiger partial charge in [-0.1, -0.05) is 25.0 Å². The fourth-order valence-electron chi connectivity index (χ4n) is 4.99. The number of anilines is 4.